The molecule has 0 spiro atoms. The molecule has 1 rings (SSSR count). The second-order valence-corrected chi connectivity index (χ2v) is 6.99. The fourth-order valence-corrected chi connectivity index (χ4v) is 4.41. The van der Waals surface area contributed by atoms with E-state index in [0.717, 1.165) is 0 Å². The number of aromatic carboxylic acids is 1. The molecule has 0 saturated carbocycles. The van der Waals surface area contributed by atoms with E-state index in [0.29, 0.717) is 0 Å². The van der Waals surface area contributed by atoms with E-state index >= 15 is 0 Å². The Hall–Kier alpha value is -0.820. The van der Waals surface area contributed by atoms with Crippen molar-refractivity contribution in [2.45, 2.75) is 31.7 Å². The van der Waals surface area contributed by atoms with Crippen LogP contribution in [0.4, 0.5) is 0 Å². The van der Waals surface area contributed by atoms with Crippen molar-refractivity contribution < 1.29 is 18.3 Å². The van der Waals surface area contributed by atoms with Crippen LogP contribution in [0.2, 0.25) is 10.0 Å². The van der Waals surface area contributed by atoms with Crippen LogP contribution in [0.3, 0.4) is 0 Å². The normalized spacial score (nSPS) is 12.2. The number of hydrogen-bond acceptors (Lipinski definition) is 3. The molecule has 0 saturated heterocycles. The van der Waals surface area contributed by atoms with Crippen LogP contribution >= 0.6 is 23.2 Å². The second-order valence-electron chi connectivity index (χ2n) is 4.34. The molecule has 112 valence electrons. The van der Waals surface area contributed by atoms with Crippen LogP contribution in [0, 0.1) is 0 Å². The highest BCUT2D eigenvalue weighted by atomic mass is 35.5. The first kappa shape index (κ1) is 17.2. The molecule has 1 aromatic rings. The van der Waals surface area contributed by atoms with Crippen LogP contribution in [0.25, 0.3) is 0 Å². The summed E-state index contributed by atoms with van der Waals surface area (Å²) in [5.41, 5.74) is -0.408. The van der Waals surface area contributed by atoms with Gasteiger partial charge in [-0.2, -0.15) is 4.31 Å². The molecule has 0 aliphatic heterocycles. The molecule has 0 bridgehead atoms. The quantitative estimate of drug-likeness (QED) is 0.894. The molecule has 0 fully saturated rings. The van der Waals surface area contributed by atoms with E-state index in [-0.39, 0.29) is 27.5 Å². The number of carbonyl (C=O) groups is 1. The van der Waals surface area contributed by atoms with Crippen molar-refractivity contribution in [1.29, 1.82) is 0 Å². The molecule has 0 amide bonds. The molecule has 1 N–H and O–H groups in total. The molecule has 0 unspecified atom stereocenters. The van der Waals surface area contributed by atoms with Gasteiger partial charge in [-0.1, -0.05) is 30.1 Å². The van der Waals surface area contributed by atoms with Crippen LogP contribution in [-0.4, -0.2) is 36.4 Å². The zero-order valence-corrected chi connectivity index (χ0v) is 13.6. The molecule has 0 heterocycles. The molecule has 5 nitrogen and oxygen atoms in total. The Morgan fingerprint density at radius 3 is 2.30 bits per heavy atom. The molecule has 8 heteroatoms. The van der Waals surface area contributed by atoms with Crippen LogP contribution in [0.5, 0.6) is 0 Å². The zero-order valence-electron chi connectivity index (χ0n) is 11.2. The van der Waals surface area contributed by atoms with E-state index in [1.807, 2.05) is 0 Å². The lowest BCUT2D eigenvalue weighted by Crippen LogP contribution is -2.36. The molecule has 0 atom stereocenters. The summed E-state index contributed by atoms with van der Waals surface area (Å²) < 4.78 is 26.3. The minimum atomic E-state index is -3.87. The molecule has 0 aliphatic carbocycles. The van der Waals surface area contributed by atoms with Gasteiger partial charge in [-0.05, 0) is 26.0 Å². The van der Waals surface area contributed by atoms with Crippen molar-refractivity contribution in [3.63, 3.8) is 0 Å². The molecule has 0 aromatic heterocycles. The molecule has 1 aromatic carbocycles. The topological polar surface area (TPSA) is 74.7 Å². The smallest absolute Gasteiger partial charge is 0.338 e. The van der Waals surface area contributed by atoms with Gasteiger partial charge in [-0.15, -0.1) is 0 Å². The van der Waals surface area contributed by atoms with Crippen LogP contribution in [-0.2, 0) is 10.0 Å². The van der Waals surface area contributed by atoms with Crippen molar-refractivity contribution in [2.75, 3.05) is 6.54 Å². The second kappa shape index (κ2) is 6.30. The number of nitrogens with zero attached hydrogens (tertiary/aromatic N) is 1. The highest BCUT2D eigenvalue weighted by molar-refractivity contribution is 7.89. The number of sulfonamides is 1. The predicted octanol–water partition coefficient (Wildman–Crippen LogP) is 3.11. The lowest BCUT2D eigenvalue weighted by molar-refractivity contribution is 0.0697. The van der Waals surface area contributed by atoms with Crippen molar-refractivity contribution >= 4 is 39.2 Å². The summed E-state index contributed by atoms with van der Waals surface area (Å²) in [6.45, 7) is 5.40. The molecule has 20 heavy (non-hydrogen) atoms. The number of carboxylic acid groups (broad SMARTS) is 1. The van der Waals surface area contributed by atoms with Gasteiger partial charge in [-0.3, -0.25) is 0 Å². The Morgan fingerprint density at radius 1 is 1.35 bits per heavy atom. The van der Waals surface area contributed by atoms with Crippen LogP contribution in [0.1, 0.15) is 31.1 Å². The predicted molar refractivity (Wildman–Crippen MR) is 78.1 cm³/mol. The number of halogens is 2. The van der Waals surface area contributed by atoms with Gasteiger partial charge in [0.1, 0.15) is 4.90 Å². The fourth-order valence-electron chi connectivity index (χ4n) is 1.87. The molecule has 0 aliphatic rings. The number of carboxylic acids is 1. The zero-order chi connectivity index (χ0) is 15.7. The summed E-state index contributed by atoms with van der Waals surface area (Å²) in [6, 6.07) is 2.17. The summed E-state index contributed by atoms with van der Waals surface area (Å²) in [6.07, 6.45) is 0. The average Bonchev–Trinajstić information content (AvgIpc) is 2.27. The van der Waals surface area contributed by atoms with Crippen molar-refractivity contribution in [1.82, 2.24) is 4.31 Å². The standard InChI is InChI=1S/C12H15Cl2NO4S/c1-4-15(7(2)3)20(18,19)9-6-5-8(13)10(11(9)14)12(16)17/h5-7H,4H2,1-3H3,(H,16,17). The maximum Gasteiger partial charge on any atom is 0.338 e. The molecular formula is C12H15Cl2NO4S. The Labute approximate surface area is 128 Å². The third-order valence-corrected chi connectivity index (χ3v) is 5.76. The first-order valence-corrected chi connectivity index (χ1v) is 8.07. The fraction of sp³-hybridized carbons (Fsp3) is 0.417. The van der Waals surface area contributed by atoms with Crippen molar-refractivity contribution in [2.24, 2.45) is 0 Å². The number of benzene rings is 1. The largest absolute Gasteiger partial charge is 0.478 e. The van der Waals surface area contributed by atoms with E-state index in [2.05, 4.69) is 0 Å². The Morgan fingerprint density at radius 2 is 1.90 bits per heavy atom. The third kappa shape index (κ3) is 3.09. The lowest BCUT2D eigenvalue weighted by atomic mass is 10.2. The SMILES string of the molecule is CCN(C(C)C)S(=O)(=O)c1ccc(Cl)c(C(=O)O)c1Cl. The monoisotopic (exact) mass is 339 g/mol. The highest BCUT2D eigenvalue weighted by Crippen LogP contribution is 2.33. The van der Waals surface area contributed by atoms with E-state index in [1.54, 1.807) is 20.8 Å². The summed E-state index contributed by atoms with van der Waals surface area (Å²) in [5, 5.41) is 8.59. The number of rotatable bonds is 5. The van der Waals surface area contributed by atoms with E-state index in [9.17, 15) is 13.2 Å². The summed E-state index contributed by atoms with van der Waals surface area (Å²) in [5.74, 6) is -1.37. The van der Waals surface area contributed by atoms with Gasteiger partial charge in [0.25, 0.3) is 0 Å². The maximum atomic E-state index is 12.5. The van der Waals surface area contributed by atoms with Crippen molar-refractivity contribution in [3.05, 3.63) is 27.7 Å². The Bertz CT molecular complexity index is 629. The summed E-state index contributed by atoms with van der Waals surface area (Å²) in [7, 11) is -3.87. The first-order valence-electron chi connectivity index (χ1n) is 5.87. The third-order valence-electron chi connectivity index (χ3n) is 2.74. The van der Waals surface area contributed by atoms with Gasteiger partial charge in [0, 0.05) is 12.6 Å². The summed E-state index contributed by atoms with van der Waals surface area (Å²) in [4.78, 5) is 10.9. The number of hydrogen-bond donors (Lipinski definition) is 1. The van der Waals surface area contributed by atoms with E-state index in [4.69, 9.17) is 28.3 Å². The van der Waals surface area contributed by atoms with Gasteiger partial charge in [0.05, 0.1) is 15.6 Å². The maximum absolute atomic E-state index is 12.5. The van der Waals surface area contributed by atoms with Gasteiger partial charge < -0.3 is 5.11 Å². The Kier molecular flexibility index (Phi) is 5.43. The lowest BCUT2D eigenvalue weighted by Gasteiger charge is -2.25. The molecule has 0 radical (unpaired) electrons. The average molecular weight is 340 g/mol. The van der Waals surface area contributed by atoms with Gasteiger partial charge in [0.2, 0.25) is 10.0 Å². The van der Waals surface area contributed by atoms with Crippen LogP contribution < -0.4 is 0 Å². The Balaban J connectivity index is 3.56. The van der Waals surface area contributed by atoms with E-state index in [1.165, 1.54) is 16.4 Å². The van der Waals surface area contributed by atoms with Crippen molar-refractivity contribution in [3.8, 4) is 0 Å². The summed E-state index contributed by atoms with van der Waals surface area (Å²) >= 11 is 11.7. The van der Waals surface area contributed by atoms with Gasteiger partial charge in [-0.25, -0.2) is 13.2 Å². The first-order chi connectivity index (χ1) is 9.14. The minimum Gasteiger partial charge on any atom is -0.478 e. The molecular weight excluding hydrogens is 325 g/mol. The van der Waals surface area contributed by atoms with Crippen LogP contribution in [0.15, 0.2) is 17.0 Å². The highest BCUT2D eigenvalue weighted by Gasteiger charge is 2.30. The van der Waals surface area contributed by atoms with E-state index < -0.39 is 21.6 Å². The van der Waals surface area contributed by atoms with Gasteiger partial charge in [0.15, 0.2) is 0 Å². The van der Waals surface area contributed by atoms with Gasteiger partial charge >= 0.3 is 5.97 Å². The minimum absolute atomic E-state index is 0.103.